The second-order valence-electron chi connectivity index (χ2n) is 3.75. The number of alkyl halides is 1. The maximum Gasteiger partial charge on any atom is 0.213 e. The maximum atomic E-state index is 11.3. The summed E-state index contributed by atoms with van der Waals surface area (Å²) in [5, 5.41) is 0. The van der Waals surface area contributed by atoms with Crippen molar-refractivity contribution >= 4 is 31.5 Å². The first kappa shape index (κ1) is 15.4. The highest BCUT2D eigenvalue weighted by Crippen LogP contribution is 2.10. The van der Waals surface area contributed by atoms with Crippen LogP contribution in [0.2, 0.25) is 0 Å². The lowest BCUT2D eigenvalue weighted by molar-refractivity contribution is 0.582. The van der Waals surface area contributed by atoms with Gasteiger partial charge in [-0.3, -0.25) is 0 Å². The van der Waals surface area contributed by atoms with Crippen LogP contribution in [-0.4, -0.2) is 34.7 Å². The molecule has 1 aromatic carbocycles. The monoisotopic (exact) mass is 311 g/mol. The summed E-state index contributed by atoms with van der Waals surface area (Å²) in [6, 6.07) is 6.03. The second kappa shape index (κ2) is 6.01. The smallest absolute Gasteiger partial charge is 0.213 e. The van der Waals surface area contributed by atoms with Crippen molar-refractivity contribution in [3.05, 3.63) is 29.8 Å². The Morgan fingerprint density at radius 1 is 1.11 bits per heavy atom. The fourth-order valence-electron chi connectivity index (χ4n) is 1.22. The SMILES string of the molecule is CS(=O)(=O)c1ccc(CNS(=O)(=O)CCCl)cc1. The Hall–Kier alpha value is -0.630. The highest BCUT2D eigenvalue weighted by atomic mass is 35.5. The summed E-state index contributed by atoms with van der Waals surface area (Å²) in [4.78, 5) is 0.204. The molecular weight excluding hydrogens is 298 g/mol. The van der Waals surface area contributed by atoms with Crippen LogP contribution in [0.25, 0.3) is 0 Å². The van der Waals surface area contributed by atoms with E-state index in [2.05, 4.69) is 4.72 Å². The Kier molecular flexibility index (Phi) is 5.15. The number of sulfonamides is 1. The number of sulfone groups is 1. The molecule has 8 heteroatoms. The molecule has 1 aromatic rings. The molecule has 0 heterocycles. The van der Waals surface area contributed by atoms with Crippen LogP contribution in [-0.2, 0) is 26.4 Å². The molecule has 1 N–H and O–H groups in total. The van der Waals surface area contributed by atoms with Crippen LogP contribution >= 0.6 is 11.6 Å². The van der Waals surface area contributed by atoms with Gasteiger partial charge in [0.25, 0.3) is 0 Å². The van der Waals surface area contributed by atoms with Gasteiger partial charge in [-0.15, -0.1) is 11.6 Å². The summed E-state index contributed by atoms with van der Waals surface area (Å²) in [5.41, 5.74) is 0.681. The molecule has 0 unspecified atom stereocenters. The molecule has 0 spiro atoms. The van der Waals surface area contributed by atoms with E-state index in [4.69, 9.17) is 11.6 Å². The van der Waals surface area contributed by atoms with E-state index in [-0.39, 0.29) is 23.1 Å². The summed E-state index contributed by atoms with van der Waals surface area (Å²) < 4.78 is 47.5. The molecule has 0 amide bonds. The molecule has 0 aromatic heterocycles. The fraction of sp³-hybridized carbons (Fsp3) is 0.400. The predicted molar refractivity (Wildman–Crippen MR) is 70.9 cm³/mol. The van der Waals surface area contributed by atoms with Gasteiger partial charge in [0.05, 0.1) is 10.6 Å². The van der Waals surface area contributed by atoms with E-state index in [1.807, 2.05) is 0 Å². The van der Waals surface area contributed by atoms with E-state index >= 15 is 0 Å². The Bertz CT molecular complexity index is 593. The second-order valence-corrected chi connectivity index (χ2v) is 8.07. The third-order valence-electron chi connectivity index (χ3n) is 2.19. The van der Waals surface area contributed by atoms with E-state index in [1.54, 1.807) is 12.1 Å². The third-order valence-corrected chi connectivity index (χ3v) is 5.06. The number of hydrogen-bond donors (Lipinski definition) is 1. The molecule has 1 rings (SSSR count). The van der Waals surface area contributed by atoms with Crippen LogP contribution in [0, 0.1) is 0 Å². The van der Waals surface area contributed by atoms with E-state index < -0.39 is 19.9 Å². The van der Waals surface area contributed by atoms with Gasteiger partial charge in [-0.25, -0.2) is 21.6 Å². The molecule has 0 bridgehead atoms. The van der Waals surface area contributed by atoms with Crippen molar-refractivity contribution in [1.29, 1.82) is 0 Å². The van der Waals surface area contributed by atoms with Crippen molar-refractivity contribution in [3.8, 4) is 0 Å². The van der Waals surface area contributed by atoms with Crippen LogP contribution < -0.4 is 4.72 Å². The summed E-state index contributed by atoms with van der Waals surface area (Å²) in [6.07, 6.45) is 1.12. The number of nitrogens with one attached hydrogen (secondary N) is 1. The molecule has 0 saturated heterocycles. The standard InChI is InChI=1S/C10H14ClNO4S2/c1-17(13,14)10-4-2-9(3-5-10)8-12-18(15,16)7-6-11/h2-5,12H,6-8H2,1H3. The van der Waals surface area contributed by atoms with Crippen molar-refractivity contribution in [2.45, 2.75) is 11.4 Å². The largest absolute Gasteiger partial charge is 0.224 e. The van der Waals surface area contributed by atoms with Crippen LogP contribution in [0.15, 0.2) is 29.2 Å². The molecular formula is C10H14ClNO4S2. The number of rotatable bonds is 6. The van der Waals surface area contributed by atoms with Gasteiger partial charge < -0.3 is 0 Å². The Labute approximate surface area is 112 Å². The summed E-state index contributed by atoms with van der Waals surface area (Å²) in [6.45, 7) is 0.114. The molecule has 0 radical (unpaired) electrons. The number of hydrogen-bond acceptors (Lipinski definition) is 4. The van der Waals surface area contributed by atoms with E-state index in [1.165, 1.54) is 12.1 Å². The normalized spacial score (nSPS) is 12.6. The molecule has 0 aliphatic heterocycles. The van der Waals surface area contributed by atoms with Gasteiger partial charge in [-0.2, -0.15) is 0 Å². The zero-order valence-corrected chi connectivity index (χ0v) is 12.1. The quantitative estimate of drug-likeness (QED) is 0.786. The third kappa shape index (κ3) is 4.93. The lowest BCUT2D eigenvalue weighted by atomic mass is 10.2. The van der Waals surface area contributed by atoms with Gasteiger partial charge >= 0.3 is 0 Å². The minimum Gasteiger partial charge on any atom is -0.224 e. The molecule has 0 aliphatic rings. The van der Waals surface area contributed by atoms with Crippen LogP contribution in [0.3, 0.4) is 0 Å². The molecule has 0 saturated carbocycles. The number of halogens is 1. The average Bonchev–Trinajstić information content (AvgIpc) is 2.26. The first-order valence-electron chi connectivity index (χ1n) is 5.07. The van der Waals surface area contributed by atoms with Gasteiger partial charge in [0.15, 0.2) is 9.84 Å². The molecule has 18 heavy (non-hydrogen) atoms. The molecule has 102 valence electrons. The van der Waals surface area contributed by atoms with Crippen molar-refractivity contribution in [1.82, 2.24) is 4.72 Å². The molecule has 0 aliphatic carbocycles. The van der Waals surface area contributed by atoms with E-state index in [9.17, 15) is 16.8 Å². The van der Waals surface area contributed by atoms with Gasteiger partial charge in [0, 0.05) is 18.7 Å². The summed E-state index contributed by atoms with van der Waals surface area (Å²) >= 11 is 5.35. The van der Waals surface area contributed by atoms with Gasteiger partial charge in [-0.1, -0.05) is 12.1 Å². The lowest BCUT2D eigenvalue weighted by Crippen LogP contribution is -2.26. The maximum absolute atomic E-state index is 11.3. The van der Waals surface area contributed by atoms with E-state index in [0.717, 1.165) is 6.26 Å². The molecule has 0 fully saturated rings. The Balaban J connectivity index is 2.71. The van der Waals surface area contributed by atoms with Gasteiger partial charge in [0.1, 0.15) is 0 Å². The molecule has 5 nitrogen and oxygen atoms in total. The van der Waals surface area contributed by atoms with Crippen LogP contribution in [0.4, 0.5) is 0 Å². The van der Waals surface area contributed by atoms with E-state index in [0.29, 0.717) is 5.56 Å². The van der Waals surface area contributed by atoms with Crippen LogP contribution in [0.1, 0.15) is 5.56 Å². The van der Waals surface area contributed by atoms with Crippen molar-refractivity contribution in [2.24, 2.45) is 0 Å². The average molecular weight is 312 g/mol. The van der Waals surface area contributed by atoms with Crippen LogP contribution in [0.5, 0.6) is 0 Å². The van der Waals surface area contributed by atoms with Crippen molar-refractivity contribution in [3.63, 3.8) is 0 Å². The molecule has 0 atom stereocenters. The Morgan fingerprint density at radius 3 is 2.11 bits per heavy atom. The zero-order valence-electron chi connectivity index (χ0n) is 9.76. The highest BCUT2D eigenvalue weighted by Gasteiger charge is 2.09. The summed E-state index contributed by atoms with van der Waals surface area (Å²) in [5.74, 6) is -0.113. The van der Waals surface area contributed by atoms with Crippen molar-refractivity contribution in [2.75, 3.05) is 17.9 Å². The zero-order chi connectivity index (χ0) is 13.8. The van der Waals surface area contributed by atoms with Gasteiger partial charge in [0.2, 0.25) is 10.0 Å². The minimum absolute atomic E-state index is 0.0301. The first-order valence-corrected chi connectivity index (χ1v) is 9.15. The topological polar surface area (TPSA) is 80.3 Å². The highest BCUT2D eigenvalue weighted by molar-refractivity contribution is 7.90. The first-order chi connectivity index (χ1) is 8.24. The van der Waals surface area contributed by atoms with Crippen molar-refractivity contribution < 1.29 is 16.8 Å². The summed E-state index contributed by atoms with van der Waals surface area (Å²) in [7, 11) is -6.60. The Morgan fingerprint density at radius 2 is 1.67 bits per heavy atom. The van der Waals surface area contributed by atoms with Gasteiger partial charge in [-0.05, 0) is 17.7 Å². The minimum atomic E-state index is -3.37. The number of benzene rings is 1. The lowest BCUT2D eigenvalue weighted by Gasteiger charge is -2.06. The predicted octanol–water partition coefficient (Wildman–Crippen LogP) is 0.748. The fourth-order valence-corrected chi connectivity index (χ4v) is 3.20.